The molecule has 14 heavy (non-hydrogen) atoms. The molecule has 1 heteroatoms. The van der Waals surface area contributed by atoms with Crippen LogP contribution in [0.4, 0.5) is 4.39 Å². The van der Waals surface area contributed by atoms with E-state index in [2.05, 4.69) is 6.08 Å². The first-order valence-corrected chi connectivity index (χ1v) is 5.06. The topological polar surface area (TPSA) is 0 Å². The number of halogens is 1. The standard InChI is InChI=1S/C13H17F/c1-3-4-5-6-7-12-8-9-13(14)10-11(12)2/h3-6,10H,7-9H2,1-2H3/b4-3-,6-5-. The van der Waals surface area contributed by atoms with Crippen LogP contribution in [0.25, 0.3) is 0 Å². The summed E-state index contributed by atoms with van der Waals surface area (Å²) in [5, 5.41) is 0. The van der Waals surface area contributed by atoms with E-state index in [4.69, 9.17) is 0 Å². The monoisotopic (exact) mass is 192 g/mol. The lowest BCUT2D eigenvalue weighted by Gasteiger charge is -2.12. The molecule has 0 aromatic heterocycles. The van der Waals surface area contributed by atoms with E-state index in [1.54, 1.807) is 6.08 Å². The van der Waals surface area contributed by atoms with Crippen molar-refractivity contribution < 1.29 is 4.39 Å². The Hall–Kier alpha value is -1.11. The van der Waals surface area contributed by atoms with E-state index in [0.29, 0.717) is 6.42 Å². The number of hydrogen-bond acceptors (Lipinski definition) is 0. The second-order valence-corrected chi connectivity index (χ2v) is 3.54. The van der Waals surface area contributed by atoms with Crippen molar-refractivity contribution in [1.82, 2.24) is 0 Å². The van der Waals surface area contributed by atoms with Crippen molar-refractivity contribution in [3.05, 3.63) is 47.4 Å². The first kappa shape index (κ1) is 11.0. The van der Waals surface area contributed by atoms with Gasteiger partial charge >= 0.3 is 0 Å². The van der Waals surface area contributed by atoms with Gasteiger partial charge in [-0.2, -0.15) is 0 Å². The number of allylic oxidation sites excluding steroid dienone is 8. The molecular formula is C13H17F. The van der Waals surface area contributed by atoms with Gasteiger partial charge in [0.15, 0.2) is 0 Å². The Morgan fingerprint density at radius 3 is 2.79 bits per heavy atom. The second kappa shape index (κ2) is 5.58. The number of rotatable bonds is 3. The fourth-order valence-corrected chi connectivity index (χ4v) is 1.54. The lowest BCUT2D eigenvalue weighted by molar-refractivity contribution is 0.576. The molecule has 0 aromatic carbocycles. The maximum Gasteiger partial charge on any atom is 0.100 e. The molecule has 76 valence electrons. The third kappa shape index (κ3) is 3.33. The lowest BCUT2D eigenvalue weighted by atomic mass is 9.95. The largest absolute Gasteiger partial charge is 0.212 e. The van der Waals surface area contributed by atoms with Gasteiger partial charge in [-0.15, -0.1) is 0 Å². The van der Waals surface area contributed by atoms with E-state index < -0.39 is 0 Å². The van der Waals surface area contributed by atoms with Gasteiger partial charge in [-0.3, -0.25) is 0 Å². The molecule has 0 saturated heterocycles. The van der Waals surface area contributed by atoms with Gasteiger partial charge in [0.1, 0.15) is 5.83 Å². The molecule has 0 saturated carbocycles. The van der Waals surface area contributed by atoms with Crippen LogP contribution in [0.3, 0.4) is 0 Å². The Morgan fingerprint density at radius 2 is 2.14 bits per heavy atom. The normalized spacial score (nSPS) is 18.4. The first-order valence-electron chi connectivity index (χ1n) is 5.06. The summed E-state index contributed by atoms with van der Waals surface area (Å²) in [6, 6.07) is 0. The highest BCUT2D eigenvalue weighted by molar-refractivity contribution is 5.31. The van der Waals surface area contributed by atoms with E-state index in [0.717, 1.165) is 18.4 Å². The van der Waals surface area contributed by atoms with Crippen LogP contribution in [-0.4, -0.2) is 0 Å². The average molecular weight is 192 g/mol. The summed E-state index contributed by atoms with van der Waals surface area (Å²) in [4.78, 5) is 0. The van der Waals surface area contributed by atoms with Gasteiger partial charge in [-0.05, 0) is 38.3 Å². The van der Waals surface area contributed by atoms with Crippen LogP contribution >= 0.6 is 0 Å². The van der Waals surface area contributed by atoms with Crippen molar-refractivity contribution in [2.75, 3.05) is 0 Å². The van der Waals surface area contributed by atoms with Crippen molar-refractivity contribution >= 4 is 0 Å². The molecular weight excluding hydrogens is 175 g/mol. The Morgan fingerprint density at radius 1 is 1.36 bits per heavy atom. The van der Waals surface area contributed by atoms with Crippen LogP contribution < -0.4 is 0 Å². The molecule has 1 aliphatic carbocycles. The van der Waals surface area contributed by atoms with Crippen molar-refractivity contribution in [2.24, 2.45) is 0 Å². The second-order valence-electron chi connectivity index (χ2n) is 3.54. The van der Waals surface area contributed by atoms with E-state index in [9.17, 15) is 4.39 Å². The van der Waals surface area contributed by atoms with Gasteiger partial charge in [-0.1, -0.05) is 29.9 Å². The Balaban J connectivity index is 2.56. The van der Waals surface area contributed by atoms with Crippen molar-refractivity contribution in [2.45, 2.75) is 33.1 Å². The van der Waals surface area contributed by atoms with Crippen LogP contribution in [-0.2, 0) is 0 Å². The molecule has 1 aliphatic rings. The molecule has 0 nitrogen and oxygen atoms in total. The van der Waals surface area contributed by atoms with Gasteiger partial charge in [0.25, 0.3) is 0 Å². The Bertz CT molecular complexity index is 303. The quantitative estimate of drug-likeness (QED) is 0.579. The van der Waals surface area contributed by atoms with Crippen LogP contribution in [0.1, 0.15) is 33.1 Å². The third-order valence-electron chi connectivity index (χ3n) is 2.40. The van der Waals surface area contributed by atoms with E-state index in [1.165, 1.54) is 5.57 Å². The minimum atomic E-state index is 0.0173. The molecule has 0 spiro atoms. The zero-order chi connectivity index (χ0) is 10.4. The summed E-state index contributed by atoms with van der Waals surface area (Å²) in [6.07, 6.45) is 12.2. The fraction of sp³-hybridized carbons (Fsp3) is 0.385. The minimum Gasteiger partial charge on any atom is -0.212 e. The van der Waals surface area contributed by atoms with Crippen LogP contribution in [0.15, 0.2) is 47.4 Å². The van der Waals surface area contributed by atoms with Crippen LogP contribution in [0.5, 0.6) is 0 Å². The maximum atomic E-state index is 12.8. The molecule has 0 aliphatic heterocycles. The highest BCUT2D eigenvalue weighted by Crippen LogP contribution is 2.26. The van der Waals surface area contributed by atoms with Crippen LogP contribution in [0.2, 0.25) is 0 Å². The molecule has 0 amide bonds. The summed E-state index contributed by atoms with van der Waals surface area (Å²) in [5.41, 5.74) is 2.45. The van der Waals surface area contributed by atoms with Crippen molar-refractivity contribution in [3.63, 3.8) is 0 Å². The van der Waals surface area contributed by atoms with Gasteiger partial charge in [-0.25, -0.2) is 4.39 Å². The number of hydrogen-bond donors (Lipinski definition) is 0. The van der Waals surface area contributed by atoms with E-state index in [-0.39, 0.29) is 5.83 Å². The zero-order valence-corrected chi connectivity index (χ0v) is 8.89. The summed E-state index contributed by atoms with van der Waals surface area (Å²) < 4.78 is 12.8. The fourth-order valence-electron chi connectivity index (χ4n) is 1.54. The van der Waals surface area contributed by atoms with E-state index in [1.807, 2.05) is 32.1 Å². The first-order chi connectivity index (χ1) is 6.74. The molecule has 0 bridgehead atoms. The molecule has 0 aromatic rings. The SMILES string of the molecule is C/C=C\C=C/CC1=C(C)C=C(F)CC1. The van der Waals surface area contributed by atoms with Crippen molar-refractivity contribution in [3.8, 4) is 0 Å². The van der Waals surface area contributed by atoms with Crippen LogP contribution in [0, 0.1) is 0 Å². The molecule has 1 rings (SSSR count). The molecule has 0 radical (unpaired) electrons. The van der Waals surface area contributed by atoms with Gasteiger partial charge in [0.05, 0.1) is 0 Å². The molecule has 0 heterocycles. The molecule has 0 N–H and O–H groups in total. The summed E-state index contributed by atoms with van der Waals surface area (Å²) in [5.74, 6) is 0.0173. The lowest BCUT2D eigenvalue weighted by Crippen LogP contribution is -1.94. The third-order valence-corrected chi connectivity index (χ3v) is 2.40. The Kier molecular flexibility index (Phi) is 4.37. The van der Waals surface area contributed by atoms with Gasteiger partial charge in [0.2, 0.25) is 0 Å². The summed E-state index contributed by atoms with van der Waals surface area (Å²) in [7, 11) is 0. The van der Waals surface area contributed by atoms with Crippen molar-refractivity contribution in [1.29, 1.82) is 0 Å². The van der Waals surface area contributed by atoms with Gasteiger partial charge in [0, 0.05) is 6.42 Å². The Labute approximate surface area is 85.5 Å². The molecule has 0 atom stereocenters. The maximum absolute atomic E-state index is 12.8. The summed E-state index contributed by atoms with van der Waals surface area (Å²) in [6.45, 7) is 3.98. The highest BCUT2D eigenvalue weighted by atomic mass is 19.1. The predicted molar refractivity (Wildman–Crippen MR) is 59.7 cm³/mol. The highest BCUT2D eigenvalue weighted by Gasteiger charge is 2.08. The van der Waals surface area contributed by atoms with Gasteiger partial charge < -0.3 is 0 Å². The summed E-state index contributed by atoms with van der Waals surface area (Å²) >= 11 is 0. The molecule has 0 fully saturated rings. The average Bonchev–Trinajstić information content (AvgIpc) is 2.15. The minimum absolute atomic E-state index is 0.0173. The smallest absolute Gasteiger partial charge is 0.100 e. The zero-order valence-electron chi connectivity index (χ0n) is 8.89. The predicted octanol–water partition coefficient (Wildman–Crippen LogP) is 4.47. The molecule has 0 unspecified atom stereocenters. The van der Waals surface area contributed by atoms with E-state index >= 15 is 0 Å².